The van der Waals surface area contributed by atoms with Crippen LogP contribution in [0.2, 0.25) is 5.02 Å². The fourth-order valence-corrected chi connectivity index (χ4v) is 5.29. The fraction of sp³-hybridized carbons (Fsp3) is 0.0800. The van der Waals surface area contributed by atoms with Crippen molar-refractivity contribution in [3.8, 4) is 11.5 Å². The van der Waals surface area contributed by atoms with Crippen LogP contribution >= 0.6 is 38.9 Å². The summed E-state index contributed by atoms with van der Waals surface area (Å²) in [5.41, 5.74) is 0.709. The minimum Gasteiger partial charge on any atom is -0.490 e. The van der Waals surface area contributed by atoms with Crippen LogP contribution in [0.5, 0.6) is 11.5 Å². The van der Waals surface area contributed by atoms with Gasteiger partial charge in [0.05, 0.1) is 17.9 Å². The van der Waals surface area contributed by atoms with Crippen molar-refractivity contribution in [3.05, 3.63) is 86.2 Å². The molecule has 0 amide bonds. The van der Waals surface area contributed by atoms with Crippen LogP contribution in [-0.2, 0) is 9.53 Å². The number of hydrogen-bond donors (Lipinski definition) is 0. The van der Waals surface area contributed by atoms with E-state index >= 15 is 0 Å². The van der Waals surface area contributed by atoms with E-state index in [9.17, 15) is 9.59 Å². The lowest BCUT2D eigenvalue weighted by molar-refractivity contribution is -0.130. The van der Waals surface area contributed by atoms with Gasteiger partial charge >= 0.3 is 11.9 Å². The standard InChI is InChI=1S/C25H15BrClNO6S/c1-2-31-19-11-13(10-16-24(29)34-23(28-16)18-4-3-9-32-18)5-8-17(19)33-25(30)22-21(27)15-7-6-14(26)12-20(15)35-22/h3-12H,2H2,1H3/b16-10+. The molecule has 7 nitrogen and oxygen atoms in total. The van der Waals surface area contributed by atoms with Crippen molar-refractivity contribution in [1.29, 1.82) is 0 Å². The molecule has 2 aromatic heterocycles. The van der Waals surface area contributed by atoms with Crippen LogP contribution in [0.3, 0.4) is 0 Å². The first-order valence-corrected chi connectivity index (χ1v) is 12.3. The summed E-state index contributed by atoms with van der Waals surface area (Å²) in [5.74, 6) is -0.193. The average Bonchev–Trinajstić information content (AvgIpc) is 3.56. The van der Waals surface area contributed by atoms with Crippen molar-refractivity contribution in [2.24, 2.45) is 4.99 Å². The minimum atomic E-state index is -0.601. The van der Waals surface area contributed by atoms with Crippen LogP contribution in [0, 0.1) is 0 Å². The SMILES string of the molecule is CCOc1cc(/C=C2/N=C(c3ccco3)OC2=O)ccc1OC(=O)c1sc2cc(Br)ccc2c1Cl. The highest BCUT2D eigenvalue weighted by atomic mass is 79.9. The van der Waals surface area contributed by atoms with Crippen molar-refractivity contribution in [2.75, 3.05) is 6.61 Å². The number of hydrogen-bond acceptors (Lipinski definition) is 8. The Labute approximate surface area is 216 Å². The lowest BCUT2D eigenvalue weighted by atomic mass is 10.1. The monoisotopic (exact) mass is 571 g/mol. The van der Waals surface area contributed by atoms with Gasteiger partial charge in [-0.05, 0) is 55.0 Å². The number of halogens is 2. The van der Waals surface area contributed by atoms with E-state index in [0.29, 0.717) is 33.6 Å². The molecule has 2 aromatic carbocycles. The van der Waals surface area contributed by atoms with Crippen LogP contribution in [0.15, 0.2) is 74.4 Å². The first-order chi connectivity index (χ1) is 16.9. The van der Waals surface area contributed by atoms with E-state index in [0.717, 1.165) is 14.6 Å². The predicted molar refractivity (Wildman–Crippen MR) is 136 cm³/mol. The number of ether oxygens (including phenoxy) is 3. The zero-order valence-electron chi connectivity index (χ0n) is 18.0. The summed E-state index contributed by atoms with van der Waals surface area (Å²) in [6.45, 7) is 2.15. The Morgan fingerprint density at radius 3 is 2.83 bits per heavy atom. The number of fused-ring (bicyclic) bond motifs is 1. The van der Waals surface area contributed by atoms with Gasteiger partial charge in [0.1, 0.15) is 4.88 Å². The average molecular weight is 573 g/mol. The summed E-state index contributed by atoms with van der Waals surface area (Å²) in [7, 11) is 0. The number of benzene rings is 2. The third-order valence-corrected chi connectivity index (χ3v) is 7.03. The number of cyclic esters (lactones) is 1. The molecule has 0 unspecified atom stereocenters. The van der Waals surface area contributed by atoms with Gasteiger partial charge in [-0.2, -0.15) is 0 Å². The van der Waals surface area contributed by atoms with Gasteiger partial charge in [-0.25, -0.2) is 14.6 Å². The van der Waals surface area contributed by atoms with Crippen molar-refractivity contribution in [3.63, 3.8) is 0 Å². The van der Waals surface area contributed by atoms with Crippen molar-refractivity contribution < 1.29 is 28.2 Å². The molecule has 10 heteroatoms. The summed E-state index contributed by atoms with van der Waals surface area (Å²) in [5, 5.41) is 1.11. The third kappa shape index (κ3) is 4.75. The lowest BCUT2D eigenvalue weighted by Gasteiger charge is -2.11. The Morgan fingerprint density at radius 1 is 1.20 bits per heavy atom. The quantitative estimate of drug-likeness (QED) is 0.142. The molecule has 0 bridgehead atoms. The molecule has 0 radical (unpaired) electrons. The maximum Gasteiger partial charge on any atom is 0.363 e. The van der Waals surface area contributed by atoms with Gasteiger partial charge in [0.15, 0.2) is 23.0 Å². The molecule has 0 fully saturated rings. The van der Waals surface area contributed by atoms with Crippen LogP contribution in [0.25, 0.3) is 16.2 Å². The molecule has 35 heavy (non-hydrogen) atoms. The Hall–Kier alpha value is -3.40. The van der Waals surface area contributed by atoms with E-state index < -0.39 is 11.9 Å². The van der Waals surface area contributed by atoms with Gasteiger partial charge in [0.2, 0.25) is 0 Å². The number of carbonyl (C=O) groups excluding carboxylic acids is 2. The minimum absolute atomic E-state index is 0.0917. The number of carbonyl (C=O) groups is 2. The molecule has 1 aliphatic rings. The molecular formula is C25H15BrClNO6S. The second kappa shape index (κ2) is 9.69. The van der Waals surface area contributed by atoms with E-state index in [1.54, 1.807) is 36.4 Å². The lowest BCUT2D eigenvalue weighted by Crippen LogP contribution is -2.08. The molecular weight excluding hydrogens is 558 g/mol. The molecule has 0 N–H and O–H groups in total. The Morgan fingerprint density at radius 2 is 2.06 bits per heavy atom. The van der Waals surface area contributed by atoms with Crippen LogP contribution in [0.1, 0.15) is 27.9 Å². The maximum atomic E-state index is 12.9. The number of aliphatic imine (C=N–C) groups is 1. The van der Waals surface area contributed by atoms with E-state index in [-0.39, 0.29) is 17.3 Å². The first kappa shape index (κ1) is 23.3. The van der Waals surface area contributed by atoms with E-state index in [1.807, 2.05) is 25.1 Å². The van der Waals surface area contributed by atoms with Gasteiger partial charge in [0.25, 0.3) is 5.90 Å². The smallest absolute Gasteiger partial charge is 0.363 e. The second-order valence-corrected chi connectivity index (χ2v) is 9.57. The maximum absolute atomic E-state index is 12.9. The molecule has 0 saturated carbocycles. The van der Waals surface area contributed by atoms with Gasteiger partial charge < -0.3 is 18.6 Å². The largest absolute Gasteiger partial charge is 0.490 e. The number of thiophene rings is 1. The Kier molecular flexibility index (Phi) is 6.46. The van der Waals surface area contributed by atoms with Gasteiger partial charge in [0, 0.05) is 14.6 Å². The summed E-state index contributed by atoms with van der Waals surface area (Å²) >= 11 is 11.1. The first-order valence-electron chi connectivity index (χ1n) is 10.4. The normalized spacial score (nSPS) is 14.3. The molecule has 3 heterocycles. The van der Waals surface area contributed by atoms with Crippen molar-refractivity contribution in [1.82, 2.24) is 0 Å². The third-order valence-electron chi connectivity index (χ3n) is 4.90. The molecule has 5 rings (SSSR count). The molecule has 176 valence electrons. The Bertz CT molecular complexity index is 1520. The molecule has 0 spiro atoms. The highest BCUT2D eigenvalue weighted by Crippen LogP contribution is 2.38. The molecule has 1 aliphatic heterocycles. The van der Waals surface area contributed by atoms with E-state index in [2.05, 4.69) is 20.9 Å². The number of esters is 2. The fourth-order valence-electron chi connectivity index (χ4n) is 3.36. The van der Waals surface area contributed by atoms with Gasteiger partial charge in [-0.3, -0.25) is 0 Å². The topological polar surface area (TPSA) is 87.3 Å². The van der Waals surface area contributed by atoms with E-state index in [4.69, 9.17) is 30.2 Å². The summed E-state index contributed by atoms with van der Waals surface area (Å²) in [6, 6.07) is 13.8. The second-order valence-electron chi connectivity index (χ2n) is 7.23. The summed E-state index contributed by atoms with van der Waals surface area (Å²) in [6.07, 6.45) is 3.01. The molecule has 0 atom stereocenters. The van der Waals surface area contributed by atoms with Gasteiger partial charge in [-0.1, -0.05) is 39.7 Å². The van der Waals surface area contributed by atoms with Crippen LogP contribution < -0.4 is 9.47 Å². The van der Waals surface area contributed by atoms with E-state index in [1.165, 1.54) is 17.6 Å². The van der Waals surface area contributed by atoms with Crippen molar-refractivity contribution in [2.45, 2.75) is 6.92 Å². The number of nitrogens with zero attached hydrogens (tertiary/aromatic N) is 1. The molecule has 0 aliphatic carbocycles. The zero-order chi connectivity index (χ0) is 24.5. The van der Waals surface area contributed by atoms with Crippen LogP contribution in [-0.4, -0.2) is 24.4 Å². The van der Waals surface area contributed by atoms with Crippen molar-refractivity contribution >= 4 is 72.9 Å². The zero-order valence-corrected chi connectivity index (χ0v) is 21.2. The highest BCUT2D eigenvalue weighted by molar-refractivity contribution is 9.10. The number of rotatable bonds is 6. The predicted octanol–water partition coefficient (Wildman–Crippen LogP) is 6.87. The molecule has 0 saturated heterocycles. The summed E-state index contributed by atoms with van der Waals surface area (Å²) < 4.78 is 23.5. The molecule has 4 aromatic rings. The Balaban J connectivity index is 1.42. The van der Waals surface area contributed by atoms with Gasteiger partial charge in [-0.15, -0.1) is 11.3 Å². The summed E-state index contributed by atoms with van der Waals surface area (Å²) in [4.78, 5) is 29.7. The number of furan rings is 1. The highest BCUT2D eigenvalue weighted by Gasteiger charge is 2.26. The van der Waals surface area contributed by atoms with Crippen LogP contribution in [0.4, 0.5) is 0 Å².